The molecule has 0 fully saturated rings. The van der Waals surface area contributed by atoms with Gasteiger partial charge in [0.25, 0.3) is 0 Å². The molecule has 6 heteroatoms. The molecule has 0 spiro atoms. The molecule has 4 heterocycles. The second-order valence-electron chi connectivity index (χ2n) is 12.6. The average molecular weight is 645 g/mol. The number of hydrogen-bond acceptors (Lipinski definition) is 4. The normalized spacial score (nSPS) is 16.2. The zero-order valence-electron chi connectivity index (χ0n) is 26.9. The third kappa shape index (κ3) is 4.54. The molecule has 10 rings (SSSR count). The van der Waals surface area contributed by atoms with Crippen molar-refractivity contribution < 1.29 is 4.42 Å². The molecule has 6 nitrogen and oxygen atoms in total. The van der Waals surface area contributed by atoms with E-state index in [9.17, 15) is 0 Å². The highest BCUT2D eigenvalue weighted by molar-refractivity contribution is 6.26. The molecule has 9 aromatic rings. The summed E-state index contributed by atoms with van der Waals surface area (Å²) >= 11 is 0. The Morgan fingerprint density at radius 1 is 0.640 bits per heavy atom. The smallest absolute Gasteiger partial charge is 0.145 e. The number of fused-ring (bicyclic) bond motifs is 7. The number of aromatic nitrogens is 2. The van der Waals surface area contributed by atoms with Gasteiger partial charge in [0.1, 0.15) is 17.0 Å². The van der Waals surface area contributed by atoms with Crippen molar-refractivity contribution in [3.8, 4) is 16.9 Å². The van der Waals surface area contributed by atoms with Gasteiger partial charge in [0.05, 0.1) is 22.1 Å². The number of pyridine rings is 1. The zero-order chi connectivity index (χ0) is 33.0. The van der Waals surface area contributed by atoms with Crippen molar-refractivity contribution in [2.75, 3.05) is 0 Å². The molecule has 238 valence electrons. The Bertz CT molecular complexity index is 2700. The second-order valence-corrected chi connectivity index (χ2v) is 12.6. The highest BCUT2D eigenvalue weighted by atomic mass is 16.3. The van der Waals surface area contributed by atoms with Crippen LogP contribution in [0.15, 0.2) is 173 Å². The summed E-state index contributed by atoms with van der Waals surface area (Å²) in [5.74, 6) is 0.803. The van der Waals surface area contributed by atoms with Crippen molar-refractivity contribution in [1.82, 2.24) is 14.9 Å². The lowest BCUT2D eigenvalue weighted by Crippen LogP contribution is -2.34. The van der Waals surface area contributed by atoms with Gasteiger partial charge in [-0.2, -0.15) is 0 Å². The number of nitrogens with zero attached hydrogens (tertiary/aromatic N) is 4. The number of para-hydroxylation sites is 2. The van der Waals surface area contributed by atoms with E-state index in [1.807, 2.05) is 60.8 Å². The van der Waals surface area contributed by atoms with Crippen LogP contribution in [0.5, 0.6) is 0 Å². The van der Waals surface area contributed by atoms with Gasteiger partial charge in [-0.15, -0.1) is 0 Å². The van der Waals surface area contributed by atoms with Crippen molar-refractivity contribution in [3.05, 3.63) is 186 Å². The fourth-order valence-electron chi connectivity index (χ4n) is 7.43. The average Bonchev–Trinajstić information content (AvgIpc) is 3.75. The molecule has 3 aromatic heterocycles. The largest absolute Gasteiger partial charge is 0.613 e. The summed E-state index contributed by atoms with van der Waals surface area (Å²) < 4.78 is 9.30. The lowest BCUT2D eigenvalue weighted by atomic mass is 9.97. The van der Waals surface area contributed by atoms with Crippen LogP contribution in [-0.4, -0.2) is 15.4 Å². The van der Waals surface area contributed by atoms with Crippen molar-refractivity contribution in [1.29, 1.82) is 0 Å². The Morgan fingerprint density at radius 3 is 2.18 bits per heavy atom. The molecule has 1 aliphatic rings. The van der Waals surface area contributed by atoms with E-state index < -0.39 is 12.3 Å². The molecule has 0 bridgehead atoms. The quantitative estimate of drug-likeness (QED) is 0.203. The summed E-state index contributed by atoms with van der Waals surface area (Å²) in [6.45, 7) is 0. The zero-order valence-corrected chi connectivity index (χ0v) is 26.9. The molecule has 0 amide bonds. The van der Waals surface area contributed by atoms with Crippen LogP contribution in [0, 0.1) is 0 Å². The van der Waals surface area contributed by atoms with Crippen LogP contribution in [-0.2, 0) is 0 Å². The molecule has 1 N–H and O–H groups in total. The predicted octanol–water partition coefficient (Wildman–Crippen LogP) is 10.9. The van der Waals surface area contributed by atoms with Crippen molar-refractivity contribution in [2.45, 2.75) is 12.3 Å². The van der Waals surface area contributed by atoms with Gasteiger partial charge in [-0.25, -0.2) is 0 Å². The van der Waals surface area contributed by atoms with E-state index in [0.29, 0.717) is 0 Å². The fraction of sp³-hybridized carbons (Fsp3) is 0.0455. The molecular weight excluding hydrogens is 615 g/mol. The number of benzene rings is 6. The summed E-state index contributed by atoms with van der Waals surface area (Å²) in [6, 6.07) is 54.4. The number of aliphatic imine (C=N–C) groups is 1. The molecule has 2 atom stereocenters. The van der Waals surface area contributed by atoms with Crippen molar-refractivity contribution in [2.24, 2.45) is 4.99 Å². The SMILES string of the molecule is c1ccc(C2=NC(c3ccccc3)[N-]C(c3ccc(-c4ccccn4)c4oc5ccc6c7ccccc7n(-c7ccccc7)c6c5c34)N2)cc1. The maximum Gasteiger partial charge on any atom is 0.145 e. The molecule has 0 radical (unpaired) electrons. The molecule has 1 aliphatic heterocycles. The monoisotopic (exact) mass is 644 g/mol. The van der Waals surface area contributed by atoms with E-state index in [0.717, 1.165) is 77.8 Å². The van der Waals surface area contributed by atoms with Crippen LogP contribution in [0.4, 0.5) is 0 Å². The van der Waals surface area contributed by atoms with Crippen LogP contribution in [0.25, 0.3) is 66.0 Å². The standard InChI is InChI=1S/C44H30N5O/c1-4-14-28(15-5-1)42-46-43(29-16-6-2-7-17-29)48-44(47-42)34-24-23-33(35-21-12-13-27-45-35)41-38(34)39-37(50-41)26-25-32-31-20-10-11-22-36(31)49(40(32)39)30-18-8-3-9-19-30/h1-27,42,44H,(H,46,48)/q-1. The number of nitrogens with one attached hydrogen (secondary N) is 1. The summed E-state index contributed by atoms with van der Waals surface area (Å²) in [5.41, 5.74) is 9.77. The Labute approximate surface area is 288 Å². The number of hydrogen-bond donors (Lipinski definition) is 1. The van der Waals surface area contributed by atoms with E-state index in [1.165, 1.54) is 5.39 Å². The molecular formula is C44H30N5O-. The van der Waals surface area contributed by atoms with E-state index in [4.69, 9.17) is 19.7 Å². The molecule has 2 unspecified atom stereocenters. The van der Waals surface area contributed by atoms with Gasteiger partial charge in [-0.3, -0.25) is 9.98 Å². The van der Waals surface area contributed by atoms with Gasteiger partial charge < -0.3 is 19.6 Å². The first-order valence-electron chi connectivity index (χ1n) is 16.8. The van der Waals surface area contributed by atoms with Gasteiger partial charge in [-0.1, -0.05) is 109 Å². The van der Waals surface area contributed by atoms with Crippen LogP contribution in [0.1, 0.15) is 29.0 Å². The molecule has 50 heavy (non-hydrogen) atoms. The Kier molecular flexibility index (Phi) is 6.60. The first kappa shape index (κ1) is 28.5. The molecule has 0 saturated carbocycles. The molecule has 0 saturated heterocycles. The minimum absolute atomic E-state index is 0.392. The Morgan fingerprint density at radius 2 is 1.38 bits per heavy atom. The van der Waals surface area contributed by atoms with Gasteiger partial charge >= 0.3 is 0 Å². The van der Waals surface area contributed by atoms with Crippen LogP contribution in [0.3, 0.4) is 0 Å². The number of rotatable bonds is 5. The second kappa shape index (κ2) is 11.6. The number of furan rings is 1. The van der Waals surface area contributed by atoms with Crippen molar-refractivity contribution >= 4 is 49.6 Å². The summed E-state index contributed by atoms with van der Waals surface area (Å²) in [6.07, 6.45) is 1.02. The fourth-order valence-corrected chi connectivity index (χ4v) is 7.43. The maximum atomic E-state index is 6.93. The minimum atomic E-state index is -0.418. The highest BCUT2D eigenvalue weighted by Gasteiger charge is 2.26. The summed E-state index contributed by atoms with van der Waals surface area (Å²) in [7, 11) is 0. The summed E-state index contributed by atoms with van der Waals surface area (Å²) in [5, 5.41) is 13.5. The Balaban J connectivity index is 1.30. The molecule has 0 aliphatic carbocycles. The van der Waals surface area contributed by atoms with Gasteiger partial charge in [0.15, 0.2) is 0 Å². The lowest BCUT2D eigenvalue weighted by Gasteiger charge is -2.44. The van der Waals surface area contributed by atoms with Gasteiger partial charge in [-0.05, 0) is 72.0 Å². The number of amidine groups is 1. The van der Waals surface area contributed by atoms with E-state index >= 15 is 0 Å². The minimum Gasteiger partial charge on any atom is -0.613 e. The van der Waals surface area contributed by atoms with E-state index in [-0.39, 0.29) is 0 Å². The lowest BCUT2D eigenvalue weighted by molar-refractivity contribution is 0.632. The first-order valence-corrected chi connectivity index (χ1v) is 16.8. The third-order valence-electron chi connectivity index (χ3n) is 9.66. The summed E-state index contributed by atoms with van der Waals surface area (Å²) in [4.78, 5) is 9.88. The highest BCUT2D eigenvalue weighted by Crippen LogP contribution is 2.47. The van der Waals surface area contributed by atoms with Crippen LogP contribution < -0.4 is 5.32 Å². The van der Waals surface area contributed by atoms with E-state index in [2.05, 4.69) is 113 Å². The third-order valence-corrected chi connectivity index (χ3v) is 9.66. The van der Waals surface area contributed by atoms with Crippen LogP contribution in [0.2, 0.25) is 0 Å². The van der Waals surface area contributed by atoms with Crippen LogP contribution >= 0.6 is 0 Å². The Hall–Kier alpha value is -6.50. The topological polar surface area (TPSA) is 69.5 Å². The maximum absolute atomic E-state index is 6.93. The van der Waals surface area contributed by atoms with Crippen molar-refractivity contribution in [3.63, 3.8) is 0 Å². The molecule has 6 aromatic carbocycles. The van der Waals surface area contributed by atoms with Gasteiger partial charge in [0, 0.05) is 39.2 Å². The van der Waals surface area contributed by atoms with E-state index in [1.54, 1.807) is 0 Å². The predicted molar refractivity (Wildman–Crippen MR) is 203 cm³/mol. The van der Waals surface area contributed by atoms with Gasteiger partial charge in [0.2, 0.25) is 0 Å². The first-order chi connectivity index (χ1) is 24.8.